The Morgan fingerprint density at radius 2 is 1.33 bits per heavy atom. The summed E-state index contributed by atoms with van der Waals surface area (Å²) in [6.45, 7) is 6.31. The number of nitrogens with zero attached hydrogens (tertiary/aromatic N) is 4. The molecule has 0 aromatic rings. The summed E-state index contributed by atoms with van der Waals surface area (Å²) in [5.41, 5.74) is 0. The lowest BCUT2D eigenvalue weighted by Crippen LogP contribution is -2.37. The quantitative estimate of drug-likeness (QED) is 0.153. The van der Waals surface area contributed by atoms with Crippen LogP contribution in [0.25, 0.3) is 0 Å². The summed E-state index contributed by atoms with van der Waals surface area (Å²) in [5.74, 6) is 0. The molecule has 2 amide bonds. The molecular weight excluding hydrogens is 520 g/mol. The molecule has 0 aromatic carbocycles. The highest BCUT2D eigenvalue weighted by atomic mass is 32.2. The van der Waals surface area contributed by atoms with Crippen molar-refractivity contribution in [3.05, 3.63) is 0 Å². The number of ether oxygens (including phenoxy) is 1. The van der Waals surface area contributed by atoms with Gasteiger partial charge in [0, 0.05) is 14.1 Å². The molecule has 13 nitrogen and oxygen atoms in total. The van der Waals surface area contributed by atoms with Crippen molar-refractivity contribution in [2.45, 2.75) is 39.9 Å². The van der Waals surface area contributed by atoms with Gasteiger partial charge in [0.15, 0.2) is 0 Å². The number of rotatable bonds is 12. The van der Waals surface area contributed by atoms with Gasteiger partial charge in [0.1, 0.15) is 16.2 Å². The van der Waals surface area contributed by atoms with Crippen LogP contribution in [0.2, 0.25) is 0 Å². The molecule has 3 unspecified atom stereocenters. The zero-order valence-electron chi connectivity index (χ0n) is 19.7. The molecule has 0 fully saturated rings. The number of amides is 2. The highest BCUT2D eigenvalue weighted by Gasteiger charge is 2.26. The fourth-order valence-electron chi connectivity index (χ4n) is 1.32. The molecule has 0 bridgehead atoms. The summed E-state index contributed by atoms with van der Waals surface area (Å²) in [4.78, 5) is 33.1. The third-order valence-corrected chi connectivity index (χ3v) is 6.54. The first-order chi connectivity index (χ1) is 15.4. The second-order valence-electron chi connectivity index (χ2n) is 6.16. The van der Waals surface area contributed by atoms with Crippen LogP contribution in [0, 0.1) is 0 Å². The van der Waals surface area contributed by atoms with Crippen LogP contribution in [-0.2, 0) is 45.3 Å². The zero-order valence-corrected chi connectivity index (χ0v) is 22.9. The van der Waals surface area contributed by atoms with Crippen molar-refractivity contribution in [3.8, 4) is 0 Å². The number of carbonyl (C=O) groups excluding carboxylic acids is 2. The number of carbonyl (C=O) groups is 2. The van der Waals surface area contributed by atoms with E-state index in [2.05, 4.69) is 20.0 Å². The summed E-state index contributed by atoms with van der Waals surface area (Å²) in [6.07, 6.45) is 0.262. The summed E-state index contributed by atoms with van der Waals surface area (Å²) < 4.78 is 41.8. The Morgan fingerprint density at radius 1 is 0.879 bits per heavy atom. The second kappa shape index (κ2) is 17.2. The van der Waals surface area contributed by atoms with Gasteiger partial charge in [0.2, 0.25) is 0 Å². The van der Waals surface area contributed by atoms with Crippen LogP contribution in [0.1, 0.15) is 27.7 Å². The Balaban J connectivity index is 4.98. The van der Waals surface area contributed by atoms with E-state index in [0.29, 0.717) is 18.7 Å². The summed E-state index contributed by atoms with van der Waals surface area (Å²) >= 11 is -2.04. The number of thioether (sulfide) groups is 2. The second-order valence-corrected chi connectivity index (χ2v) is 10.5. The predicted molar refractivity (Wildman–Crippen MR) is 130 cm³/mol. The fourth-order valence-corrected chi connectivity index (χ4v) is 2.75. The molecule has 0 N–H and O–H groups in total. The van der Waals surface area contributed by atoms with E-state index < -0.39 is 40.8 Å². The smallest absolute Gasteiger partial charge is 0.376 e. The Labute approximate surface area is 207 Å². The van der Waals surface area contributed by atoms with Crippen LogP contribution in [0.3, 0.4) is 0 Å². The van der Waals surface area contributed by atoms with Gasteiger partial charge in [-0.2, -0.15) is 0 Å². The predicted octanol–water partition coefficient (Wildman–Crippen LogP) is 2.50. The number of hydrogen-bond donors (Lipinski definition) is 0. The maximum atomic E-state index is 12.4. The van der Waals surface area contributed by atoms with Gasteiger partial charge >= 0.3 is 12.2 Å². The van der Waals surface area contributed by atoms with E-state index in [0.717, 1.165) is 0 Å². The van der Waals surface area contributed by atoms with E-state index >= 15 is 0 Å². The molecule has 0 rings (SSSR count). The molecule has 17 heteroatoms. The Morgan fingerprint density at radius 3 is 1.76 bits per heavy atom. The monoisotopic (exact) mass is 550 g/mol. The normalized spacial score (nSPS) is 15.1. The van der Waals surface area contributed by atoms with E-state index in [-0.39, 0.29) is 19.3 Å². The maximum absolute atomic E-state index is 12.4. The average molecular weight is 551 g/mol. The van der Waals surface area contributed by atoms with Gasteiger partial charge < -0.3 is 4.74 Å². The van der Waals surface area contributed by atoms with E-state index in [4.69, 9.17) is 13.1 Å². The van der Waals surface area contributed by atoms with Crippen LogP contribution < -0.4 is 0 Å². The molecule has 0 aliphatic rings. The first kappa shape index (κ1) is 31.8. The van der Waals surface area contributed by atoms with Gasteiger partial charge in [-0.15, -0.1) is 23.5 Å². The van der Waals surface area contributed by atoms with Crippen molar-refractivity contribution in [3.63, 3.8) is 0 Å². The SMILES string of the molecule is CS/C(C)=N\OC(=O)N(C)S(=O)OCC(COC(C)C)OS(=O)N(C)C(=O)O/N=C(/C)SC. The molecule has 192 valence electrons. The van der Waals surface area contributed by atoms with E-state index in [1.807, 2.05) is 0 Å². The summed E-state index contributed by atoms with van der Waals surface area (Å²) in [7, 11) is 2.37. The average Bonchev–Trinajstić information content (AvgIpc) is 2.80. The van der Waals surface area contributed by atoms with Crippen molar-refractivity contribution in [1.29, 1.82) is 0 Å². The van der Waals surface area contributed by atoms with E-state index in [1.165, 1.54) is 37.6 Å². The number of oxime groups is 2. The van der Waals surface area contributed by atoms with E-state index in [9.17, 15) is 18.0 Å². The van der Waals surface area contributed by atoms with Crippen LogP contribution in [-0.4, -0.2) is 91.3 Å². The van der Waals surface area contributed by atoms with Crippen molar-refractivity contribution < 1.29 is 40.8 Å². The van der Waals surface area contributed by atoms with Crippen LogP contribution in [0.4, 0.5) is 9.59 Å². The molecule has 0 radical (unpaired) electrons. The van der Waals surface area contributed by atoms with Gasteiger partial charge in [-0.3, -0.25) is 18.0 Å². The lowest BCUT2D eigenvalue weighted by molar-refractivity contribution is 0.00306. The lowest BCUT2D eigenvalue weighted by Gasteiger charge is -2.21. The molecule has 3 atom stereocenters. The molecule has 0 aliphatic heterocycles. The zero-order chi connectivity index (χ0) is 25.6. The van der Waals surface area contributed by atoms with Crippen LogP contribution in [0.5, 0.6) is 0 Å². The minimum Gasteiger partial charge on any atom is -0.376 e. The largest absolute Gasteiger partial charge is 0.449 e. The molecular formula is C16H30N4O9S4. The molecule has 0 aliphatic carbocycles. The van der Waals surface area contributed by atoms with Crippen molar-refractivity contribution in [2.75, 3.05) is 39.8 Å². The van der Waals surface area contributed by atoms with Gasteiger partial charge in [0.05, 0.1) is 19.3 Å². The highest BCUT2D eigenvalue weighted by Crippen LogP contribution is 2.09. The van der Waals surface area contributed by atoms with Crippen LogP contribution in [0.15, 0.2) is 10.3 Å². The minimum atomic E-state index is -2.30. The lowest BCUT2D eigenvalue weighted by atomic mass is 10.4. The number of hydrogen-bond acceptors (Lipinski definition) is 13. The fraction of sp³-hybridized carbons (Fsp3) is 0.750. The molecule has 0 spiro atoms. The van der Waals surface area contributed by atoms with Gasteiger partial charge in [-0.05, 0) is 40.2 Å². The Kier molecular flexibility index (Phi) is 16.6. The maximum Gasteiger partial charge on any atom is 0.449 e. The van der Waals surface area contributed by atoms with Gasteiger partial charge in [-0.1, -0.05) is 10.3 Å². The molecule has 0 saturated carbocycles. The van der Waals surface area contributed by atoms with Crippen molar-refractivity contribution in [1.82, 2.24) is 8.61 Å². The Bertz CT molecular complexity index is 751. The van der Waals surface area contributed by atoms with Gasteiger partial charge in [0.25, 0.3) is 22.5 Å². The summed E-state index contributed by atoms with van der Waals surface area (Å²) in [6, 6.07) is 0. The summed E-state index contributed by atoms with van der Waals surface area (Å²) in [5, 5.41) is 8.08. The first-order valence-electron chi connectivity index (χ1n) is 9.25. The third kappa shape index (κ3) is 13.9. The third-order valence-electron chi connectivity index (χ3n) is 3.25. The molecule has 0 heterocycles. The Hall–Kier alpha value is -1.24. The van der Waals surface area contributed by atoms with Gasteiger partial charge in [-0.25, -0.2) is 26.6 Å². The van der Waals surface area contributed by atoms with Crippen LogP contribution >= 0.6 is 23.5 Å². The molecule has 0 saturated heterocycles. The minimum absolute atomic E-state index is 0.0986. The van der Waals surface area contributed by atoms with E-state index in [1.54, 1.807) is 40.2 Å². The standard InChI is InChI=1S/C16H30N4O9S4/c1-11(2)25-9-14(29-33(24)20(6)16(22)28-18-13(4)31-8)10-26-32(23)19(5)15(21)27-17-12(3)30-7/h11,14H,9-10H2,1-8H3/b17-12-,18-13-. The van der Waals surface area contributed by atoms with Crippen molar-refractivity contribution >= 4 is 68.3 Å². The molecule has 0 aromatic heterocycles. The topological polar surface area (TPSA) is 146 Å². The highest BCUT2D eigenvalue weighted by molar-refractivity contribution is 8.13. The first-order valence-corrected chi connectivity index (χ1v) is 13.8. The van der Waals surface area contributed by atoms with Crippen molar-refractivity contribution in [2.24, 2.45) is 10.3 Å². The molecule has 33 heavy (non-hydrogen) atoms.